The van der Waals surface area contributed by atoms with Crippen LogP contribution in [0.25, 0.3) is 0 Å². The highest BCUT2D eigenvalue weighted by Crippen LogP contribution is 1.76. The molecule has 0 atom stereocenters. The molecule has 0 unspecified atom stereocenters. The molecule has 0 aliphatic heterocycles. The Labute approximate surface area is 57.6 Å². The lowest BCUT2D eigenvalue weighted by atomic mass is 10.4. The molecule has 4 nitrogen and oxygen atoms in total. The largest absolute Gasteiger partial charge is 0.478 e. The van der Waals surface area contributed by atoms with Gasteiger partial charge in [0.1, 0.15) is 0 Å². The van der Waals surface area contributed by atoms with Crippen LogP contribution in [-0.4, -0.2) is 17.0 Å². The Hall–Kier alpha value is -1.58. The van der Waals surface area contributed by atoms with Crippen LogP contribution in [0.15, 0.2) is 24.3 Å². The number of carbonyl (C=O) groups excluding carboxylic acids is 1. The Kier molecular flexibility index (Phi) is 3.63. The minimum Gasteiger partial charge on any atom is -0.478 e. The third-order valence-corrected chi connectivity index (χ3v) is 0.598. The molecule has 1 amide bonds. The lowest BCUT2D eigenvalue weighted by molar-refractivity contribution is -0.131. The fourth-order valence-corrected chi connectivity index (χ4v) is 0.281. The number of hydrogen-bond acceptors (Lipinski definition) is 2. The summed E-state index contributed by atoms with van der Waals surface area (Å²) in [5.74, 6) is -1.93. The molecule has 0 rings (SSSR count). The van der Waals surface area contributed by atoms with Gasteiger partial charge in [-0.1, -0.05) is 12.2 Å². The second-order valence-electron chi connectivity index (χ2n) is 1.42. The van der Waals surface area contributed by atoms with E-state index >= 15 is 0 Å². The van der Waals surface area contributed by atoms with Gasteiger partial charge in [0.25, 0.3) is 5.91 Å². The van der Waals surface area contributed by atoms with Gasteiger partial charge in [0.15, 0.2) is 0 Å². The summed E-state index contributed by atoms with van der Waals surface area (Å²) in [6.07, 6.45) is 4.21. The number of rotatable bonds is 3. The van der Waals surface area contributed by atoms with Crippen molar-refractivity contribution in [3.63, 3.8) is 0 Å². The molecule has 1 radical (unpaired) electrons. The zero-order chi connectivity index (χ0) is 7.98. The van der Waals surface area contributed by atoms with Gasteiger partial charge in [0, 0.05) is 12.2 Å². The predicted octanol–water partition coefficient (Wildman–Crippen LogP) is -0.00710. The summed E-state index contributed by atoms with van der Waals surface area (Å²) in [6, 6.07) is 0. The predicted molar refractivity (Wildman–Crippen MR) is 34.0 cm³/mol. The van der Waals surface area contributed by atoms with E-state index in [0.717, 1.165) is 12.2 Å². The van der Waals surface area contributed by atoms with Crippen LogP contribution in [0.3, 0.4) is 0 Å². The van der Waals surface area contributed by atoms with Gasteiger partial charge in [0.2, 0.25) is 0 Å². The van der Waals surface area contributed by atoms with E-state index in [9.17, 15) is 9.59 Å². The number of aliphatic carboxylic acids is 1. The summed E-state index contributed by atoms with van der Waals surface area (Å²) in [5, 5.41) is 8.03. The van der Waals surface area contributed by atoms with Gasteiger partial charge in [-0.2, -0.15) is 0 Å². The molecule has 0 aromatic heterocycles. The SMILES string of the molecule is [NH]C(=O)/C=C/C=C/C(=O)O. The highest BCUT2D eigenvalue weighted by Gasteiger charge is 1.82. The zero-order valence-corrected chi connectivity index (χ0v) is 5.07. The van der Waals surface area contributed by atoms with E-state index in [-0.39, 0.29) is 0 Å². The van der Waals surface area contributed by atoms with Crippen molar-refractivity contribution in [1.82, 2.24) is 5.73 Å². The van der Waals surface area contributed by atoms with Crippen LogP contribution < -0.4 is 5.73 Å². The summed E-state index contributed by atoms with van der Waals surface area (Å²) >= 11 is 0. The Morgan fingerprint density at radius 1 is 1.20 bits per heavy atom. The van der Waals surface area contributed by atoms with Gasteiger partial charge in [-0.05, 0) is 0 Å². The van der Waals surface area contributed by atoms with Crippen LogP contribution in [-0.2, 0) is 9.59 Å². The molecule has 0 aliphatic rings. The van der Waals surface area contributed by atoms with Crippen LogP contribution in [0.5, 0.6) is 0 Å². The summed E-state index contributed by atoms with van der Waals surface area (Å²) in [5.41, 5.74) is 6.36. The first-order valence-corrected chi connectivity index (χ1v) is 2.46. The maximum atomic E-state index is 9.89. The van der Waals surface area contributed by atoms with E-state index < -0.39 is 11.9 Å². The van der Waals surface area contributed by atoms with Crippen molar-refractivity contribution < 1.29 is 14.7 Å². The highest BCUT2D eigenvalue weighted by atomic mass is 16.4. The zero-order valence-electron chi connectivity index (χ0n) is 5.07. The molecule has 0 saturated heterocycles. The first kappa shape index (κ1) is 8.42. The van der Waals surface area contributed by atoms with Crippen LogP contribution in [0, 0.1) is 0 Å². The van der Waals surface area contributed by atoms with Crippen LogP contribution in [0.4, 0.5) is 0 Å². The Morgan fingerprint density at radius 3 is 2.10 bits per heavy atom. The molecule has 0 aromatic carbocycles. The van der Waals surface area contributed by atoms with Gasteiger partial charge in [-0.25, -0.2) is 4.79 Å². The number of carboxylic acids is 1. The van der Waals surface area contributed by atoms with Crippen molar-refractivity contribution >= 4 is 11.9 Å². The molecule has 0 heterocycles. The number of nitrogens with one attached hydrogen (secondary N) is 1. The summed E-state index contributed by atoms with van der Waals surface area (Å²) < 4.78 is 0. The fraction of sp³-hybridized carbons (Fsp3) is 0. The van der Waals surface area contributed by atoms with E-state index in [1.165, 1.54) is 12.2 Å². The molecule has 53 valence electrons. The number of hydrogen-bond donors (Lipinski definition) is 1. The fourth-order valence-electron chi connectivity index (χ4n) is 0.281. The average molecular weight is 140 g/mol. The van der Waals surface area contributed by atoms with Crippen molar-refractivity contribution in [1.29, 1.82) is 0 Å². The molecule has 0 saturated carbocycles. The van der Waals surface area contributed by atoms with Gasteiger partial charge in [-0.15, -0.1) is 0 Å². The summed E-state index contributed by atoms with van der Waals surface area (Å²) in [4.78, 5) is 19.7. The lowest BCUT2D eigenvalue weighted by Gasteiger charge is -1.74. The first-order chi connectivity index (χ1) is 4.63. The number of allylic oxidation sites excluding steroid dienone is 2. The number of carbonyl (C=O) groups is 2. The minimum absolute atomic E-state index is 0.852. The minimum atomic E-state index is -1.08. The van der Waals surface area contributed by atoms with Gasteiger partial charge in [0.05, 0.1) is 0 Å². The standard InChI is InChI=1S/C6H6NO3/c7-5(8)3-1-2-4-6(9)10/h1-4,7H,(H,9,10)/b3-1+,4-2+. The monoisotopic (exact) mass is 140 g/mol. The van der Waals surface area contributed by atoms with E-state index in [2.05, 4.69) is 0 Å². The van der Waals surface area contributed by atoms with Crippen molar-refractivity contribution in [3.8, 4) is 0 Å². The molecular formula is C6H6NO3. The van der Waals surface area contributed by atoms with E-state index in [1.807, 2.05) is 0 Å². The lowest BCUT2D eigenvalue weighted by Crippen LogP contribution is -1.89. The second kappa shape index (κ2) is 4.31. The summed E-state index contributed by atoms with van der Waals surface area (Å²) in [7, 11) is 0. The topological polar surface area (TPSA) is 78.2 Å². The quantitative estimate of drug-likeness (QED) is 0.442. The van der Waals surface area contributed by atoms with Crippen molar-refractivity contribution in [2.75, 3.05) is 0 Å². The molecule has 4 heteroatoms. The molecule has 0 spiro atoms. The highest BCUT2D eigenvalue weighted by molar-refractivity contribution is 5.86. The third-order valence-electron chi connectivity index (χ3n) is 0.598. The maximum Gasteiger partial charge on any atom is 0.328 e. The molecule has 0 bridgehead atoms. The van der Waals surface area contributed by atoms with Crippen molar-refractivity contribution in [2.45, 2.75) is 0 Å². The van der Waals surface area contributed by atoms with Crippen LogP contribution >= 0.6 is 0 Å². The van der Waals surface area contributed by atoms with Gasteiger partial charge in [-0.3, -0.25) is 10.5 Å². The summed E-state index contributed by atoms with van der Waals surface area (Å²) in [6.45, 7) is 0. The second-order valence-corrected chi connectivity index (χ2v) is 1.42. The van der Waals surface area contributed by atoms with E-state index in [1.54, 1.807) is 0 Å². The molecular weight excluding hydrogens is 134 g/mol. The Balaban J connectivity index is 3.73. The van der Waals surface area contributed by atoms with Gasteiger partial charge >= 0.3 is 5.97 Å². The molecule has 10 heavy (non-hydrogen) atoms. The molecule has 0 aliphatic carbocycles. The van der Waals surface area contributed by atoms with Crippen molar-refractivity contribution in [2.24, 2.45) is 0 Å². The smallest absolute Gasteiger partial charge is 0.328 e. The molecule has 2 N–H and O–H groups in total. The number of carboxylic acid groups (broad SMARTS) is 1. The van der Waals surface area contributed by atoms with Crippen LogP contribution in [0.2, 0.25) is 0 Å². The van der Waals surface area contributed by atoms with E-state index in [4.69, 9.17) is 10.8 Å². The van der Waals surface area contributed by atoms with E-state index in [0.29, 0.717) is 0 Å². The number of amides is 1. The molecule has 0 fully saturated rings. The van der Waals surface area contributed by atoms with Crippen molar-refractivity contribution in [3.05, 3.63) is 24.3 Å². The first-order valence-electron chi connectivity index (χ1n) is 2.46. The van der Waals surface area contributed by atoms with Crippen LogP contribution in [0.1, 0.15) is 0 Å². The Bertz CT molecular complexity index is 171. The average Bonchev–Trinajstić information content (AvgIpc) is 1.79. The normalized spacial score (nSPS) is 10.8. The third kappa shape index (κ3) is 6.42. The maximum absolute atomic E-state index is 9.89. The van der Waals surface area contributed by atoms with Gasteiger partial charge < -0.3 is 5.11 Å². The Morgan fingerprint density at radius 2 is 1.70 bits per heavy atom. The molecule has 0 aromatic rings.